The van der Waals surface area contributed by atoms with E-state index in [9.17, 15) is 9.90 Å². The number of allylic oxidation sites excluding steroid dienone is 2. The average Bonchev–Trinajstić information content (AvgIpc) is 1.89. The van der Waals surface area contributed by atoms with E-state index in [2.05, 4.69) is 0 Å². The number of rotatable bonds is 2. The van der Waals surface area contributed by atoms with Crippen molar-refractivity contribution < 1.29 is 9.90 Å². The Morgan fingerprint density at radius 3 is 2.90 bits per heavy atom. The molecule has 0 spiro atoms. The van der Waals surface area contributed by atoms with Gasteiger partial charge in [-0.1, -0.05) is 24.3 Å². The monoisotopic (exact) mass is 137 g/mol. The molecule has 0 bridgehead atoms. The van der Waals surface area contributed by atoms with Gasteiger partial charge in [-0.3, -0.25) is 4.79 Å². The van der Waals surface area contributed by atoms with Crippen LogP contribution in [0, 0.1) is 0 Å². The van der Waals surface area contributed by atoms with Crippen LogP contribution < -0.4 is 0 Å². The normalized spacial score (nSPS) is 30.5. The number of carbonyl (C=O) groups excluding carboxylic acids is 1. The number of aliphatic hydroxyl groups is 1. The van der Waals surface area contributed by atoms with Crippen molar-refractivity contribution in [2.45, 2.75) is 18.4 Å². The van der Waals surface area contributed by atoms with E-state index in [0.717, 1.165) is 0 Å². The minimum Gasteiger partial charge on any atom is -0.385 e. The van der Waals surface area contributed by atoms with Crippen molar-refractivity contribution in [2.75, 3.05) is 0 Å². The van der Waals surface area contributed by atoms with Gasteiger partial charge in [0, 0.05) is 6.42 Å². The van der Waals surface area contributed by atoms with Gasteiger partial charge in [-0.25, -0.2) is 0 Å². The van der Waals surface area contributed by atoms with Gasteiger partial charge in [0.05, 0.1) is 5.60 Å². The summed E-state index contributed by atoms with van der Waals surface area (Å²) in [4.78, 5) is 9.94. The average molecular weight is 137 g/mol. The third kappa shape index (κ3) is 1.54. The Morgan fingerprint density at radius 1 is 1.60 bits per heavy atom. The van der Waals surface area contributed by atoms with Crippen molar-refractivity contribution in [3.05, 3.63) is 24.3 Å². The second-order valence-corrected chi connectivity index (χ2v) is 2.42. The molecule has 1 radical (unpaired) electrons. The third-order valence-electron chi connectivity index (χ3n) is 1.50. The van der Waals surface area contributed by atoms with E-state index in [0.29, 0.717) is 6.42 Å². The Labute approximate surface area is 59.9 Å². The molecular formula is C8H9O2. The SMILES string of the molecule is O=[C]CC1(O)C=CC=CC1. The van der Waals surface area contributed by atoms with Gasteiger partial charge < -0.3 is 5.11 Å². The second-order valence-electron chi connectivity index (χ2n) is 2.42. The maximum absolute atomic E-state index is 9.94. The molecule has 2 heteroatoms. The standard InChI is InChI=1S/C8H9O2/c9-7-6-8(10)4-2-1-3-5-8/h1-4,10H,5-6H2. The fourth-order valence-electron chi connectivity index (χ4n) is 0.909. The zero-order valence-corrected chi connectivity index (χ0v) is 5.58. The summed E-state index contributed by atoms with van der Waals surface area (Å²) in [6.45, 7) is 0. The summed E-state index contributed by atoms with van der Waals surface area (Å²) in [6, 6.07) is 0. The van der Waals surface area contributed by atoms with Gasteiger partial charge in [0.1, 0.15) is 0 Å². The molecule has 1 rings (SSSR count). The van der Waals surface area contributed by atoms with Crippen LogP contribution in [0.3, 0.4) is 0 Å². The zero-order chi connectivity index (χ0) is 7.45. The third-order valence-corrected chi connectivity index (χ3v) is 1.50. The molecule has 0 amide bonds. The highest BCUT2D eigenvalue weighted by atomic mass is 16.3. The van der Waals surface area contributed by atoms with Crippen LogP contribution in [0.1, 0.15) is 12.8 Å². The molecule has 0 aromatic carbocycles. The molecule has 0 aliphatic heterocycles. The van der Waals surface area contributed by atoms with Crippen LogP contribution in [0.4, 0.5) is 0 Å². The lowest BCUT2D eigenvalue weighted by molar-refractivity contribution is 0.100. The quantitative estimate of drug-likeness (QED) is 0.609. The summed E-state index contributed by atoms with van der Waals surface area (Å²) in [5.74, 6) is 0. The molecule has 0 aromatic heterocycles. The van der Waals surface area contributed by atoms with Crippen LogP contribution in [-0.2, 0) is 4.79 Å². The smallest absolute Gasteiger partial charge is 0.201 e. The van der Waals surface area contributed by atoms with Crippen LogP contribution in [0.2, 0.25) is 0 Å². The first-order valence-corrected chi connectivity index (χ1v) is 3.19. The van der Waals surface area contributed by atoms with Crippen LogP contribution in [0.5, 0.6) is 0 Å². The molecule has 1 atom stereocenters. The Morgan fingerprint density at radius 2 is 2.40 bits per heavy atom. The summed E-state index contributed by atoms with van der Waals surface area (Å²) in [5, 5.41) is 9.47. The fraction of sp³-hybridized carbons (Fsp3) is 0.375. The van der Waals surface area contributed by atoms with Crippen molar-refractivity contribution >= 4 is 6.29 Å². The first kappa shape index (κ1) is 7.22. The molecule has 0 saturated carbocycles. The Kier molecular flexibility index (Phi) is 2.02. The molecule has 1 N–H and O–H groups in total. The first-order valence-electron chi connectivity index (χ1n) is 3.19. The van der Waals surface area contributed by atoms with E-state index < -0.39 is 5.60 Å². The highest BCUT2D eigenvalue weighted by molar-refractivity contribution is 5.53. The molecule has 10 heavy (non-hydrogen) atoms. The highest BCUT2D eigenvalue weighted by Gasteiger charge is 2.22. The van der Waals surface area contributed by atoms with Gasteiger partial charge in [0.25, 0.3) is 0 Å². The maximum atomic E-state index is 9.94. The summed E-state index contributed by atoms with van der Waals surface area (Å²) < 4.78 is 0. The van der Waals surface area contributed by atoms with Crippen molar-refractivity contribution in [1.82, 2.24) is 0 Å². The lowest BCUT2D eigenvalue weighted by atomic mass is 9.93. The van der Waals surface area contributed by atoms with Gasteiger partial charge in [-0.05, 0) is 6.42 Å². The Bertz CT molecular complexity index is 178. The number of hydrogen-bond acceptors (Lipinski definition) is 2. The molecular weight excluding hydrogens is 128 g/mol. The maximum Gasteiger partial charge on any atom is 0.201 e. The second kappa shape index (κ2) is 2.80. The molecule has 2 nitrogen and oxygen atoms in total. The lowest BCUT2D eigenvalue weighted by Crippen LogP contribution is -2.26. The predicted octanol–water partition coefficient (Wildman–Crippen LogP) is 0.733. The Hall–Kier alpha value is -0.890. The van der Waals surface area contributed by atoms with E-state index in [4.69, 9.17) is 0 Å². The van der Waals surface area contributed by atoms with Gasteiger partial charge >= 0.3 is 0 Å². The van der Waals surface area contributed by atoms with Gasteiger partial charge in [0.2, 0.25) is 6.29 Å². The summed E-state index contributed by atoms with van der Waals surface area (Å²) in [7, 11) is 0. The van der Waals surface area contributed by atoms with E-state index in [-0.39, 0.29) is 6.42 Å². The van der Waals surface area contributed by atoms with Crippen LogP contribution in [0.25, 0.3) is 0 Å². The summed E-state index contributed by atoms with van der Waals surface area (Å²) in [5.41, 5.74) is -0.962. The van der Waals surface area contributed by atoms with Crippen molar-refractivity contribution in [2.24, 2.45) is 0 Å². The summed E-state index contributed by atoms with van der Waals surface area (Å²) in [6.07, 6.45) is 9.31. The largest absolute Gasteiger partial charge is 0.385 e. The summed E-state index contributed by atoms with van der Waals surface area (Å²) >= 11 is 0. The first-order chi connectivity index (χ1) is 4.77. The molecule has 0 fully saturated rings. The molecule has 0 aromatic rings. The molecule has 0 saturated heterocycles. The van der Waals surface area contributed by atoms with Crippen molar-refractivity contribution in [3.8, 4) is 0 Å². The fourth-order valence-corrected chi connectivity index (χ4v) is 0.909. The van der Waals surface area contributed by atoms with Gasteiger partial charge in [-0.2, -0.15) is 0 Å². The topological polar surface area (TPSA) is 37.3 Å². The molecule has 53 valence electrons. The molecule has 1 aliphatic carbocycles. The minimum atomic E-state index is -0.962. The van der Waals surface area contributed by atoms with Gasteiger partial charge in [0.15, 0.2) is 0 Å². The van der Waals surface area contributed by atoms with Crippen LogP contribution in [-0.4, -0.2) is 17.0 Å². The minimum absolute atomic E-state index is 0.0633. The van der Waals surface area contributed by atoms with Crippen molar-refractivity contribution in [1.29, 1.82) is 0 Å². The molecule has 1 aliphatic rings. The van der Waals surface area contributed by atoms with E-state index >= 15 is 0 Å². The molecule has 0 heterocycles. The predicted molar refractivity (Wildman–Crippen MR) is 38.2 cm³/mol. The Balaban J connectivity index is 2.60. The molecule has 1 unspecified atom stereocenters. The number of hydrogen-bond donors (Lipinski definition) is 1. The highest BCUT2D eigenvalue weighted by Crippen LogP contribution is 2.19. The van der Waals surface area contributed by atoms with Gasteiger partial charge in [-0.15, -0.1) is 0 Å². The van der Waals surface area contributed by atoms with E-state index in [1.165, 1.54) is 0 Å². The van der Waals surface area contributed by atoms with E-state index in [1.54, 1.807) is 18.4 Å². The van der Waals surface area contributed by atoms with Crippen LogP contribution >= 0.6 is 0 Å². The lowest BCUT2D eigenvalue weighted by Gasteiger charge is -2.21. The van der Waals surface area contributed by atoms with Crippen molar-refractivity contribution in [3.63, 3.8) is 0 Å². The van der Waals surface area contributed by atoms with E-state index in [1.807, 2.05) is 12.2 Å². The van der Waals surface area contributed by atoms with Crippen LogP contribution in [0.15, 0.2) is 24.3 Å². The zero-order valence-electron chi connectivity index (χ0n) is 5.58.